The standard InChI is InChI=1S/C25H37N5O5S/c1-14(2)11-21(25(34)35)30-22(31)15(3)28-24(33)20(9-10-36-4)29-23(32)18(26)12-16-13-27-19-8-6-5-7-17(16)19/h5-8,13-15,18,20-21,27H,9-12,26H2,1-4H3,(H,28,33)(H,29,32)(H,30,31)(H,34,35). The molecule has 0 bridgehead atoms. The maximum Gasteiger partial charge on any atom is 0.326 e. The van der Waals surface area contributed by atoms with Gasteiger partial charge in [0.15, 0.2) is 0 Å². The SMILES string of the molecule is CSCCC(NC(=O)C(N)Cc1c[nH]c2ccccc12)C(=O)NC(C)C(=O)NC(CC(C)C)C(=O)O. The Hall–Kier alpha value is -3.05. The predicted octanol–water partition coefficient (Wildman–Crippen LogP) is 1.40. The lowest BCUT2D eigenvalue weighted by Crippen LogP contribution is -2.56. The molecule has 1 aromatic carbocycles. The van der Waals surface area contributed by atoms with Gasteiger partial charge in [0.2, 0.25) is 17.7 Å². The molecule has 11 heteroatoms. The van der Waals surface area contributed by atoms with Crippen molar-refractivity contribution in [2.24, 2.45) is 11.7 Å². The highest BCUT2D eigenvalue weighted by atomic mass is 32.2. The van der Waals surface area contributed by atoms with Crippen LogP contribution in [0.4, 0.5) is 0 Å². The van der Waals surface area contributed by atoms with Crippen LogP contribution in [-0.2, 0) is 25.6 Å². The summed E-state index contributed by atoms with van der Waals surface area (Å²) in [4.78, 5) is 52.9. The Balaban J connectivity index is 2.00. The molecule has 0 fully saturated rings. The zero-order valence-corrected chi connectivity index (χ0v) is 22.0. The molecular formula is C25H37N5O5S. The molecule has 4 atom stereocenters. The molecule has 0 aliphatic rings. The maximum atomic E-state index is 12.9. The number of amides is 3. The summed E-state index contributed by atoms with van der Waals surface area (Å²) in [6, 6.07) is 3.91. The lowest BCUT2D eigenvalue weighted by Gasteiger charge is -2.24. The fourth-order valence-corrected chi connectivity index (χ4v) is 4.25. The summed E-state index contributed by atoms with van der Waals surface area (Å²) >= 11 is 1.52. The van der Waals surface area contributed by atoms with E-state index in [0.29, 0.717) is 12.2 Å². The van der Waals surface area contributed by atoms with E-state index in [0.717, 1.165) is 16.5 Å². The van der Waals surface area contributed by atoms with Crippen LogP contribution in [0.15, 0.2) is 30.5 Å². The summed E-state index contributed by atoms with van der Waals surface area (Å²) in [7, 11) is 0. The number of aromatic nitrogens is 1. The van der Waals surface area contributed by atoms with E-state index in [4.69, 9.17) is 5.73 Å². The summed E-state index contributed by atoms with van der Waals surface area (Å²) in [5.74, 6) is -2.08. The molecule has 0 aliphatic heterocycles. The fraction of sp³-hybridized carbons (Fsp3) is 0.520. The van der Waals surface area contributed by atoms with Crippen molar-refractivity contribution in [1.82, 2.24) is 20.9 Å². The lowest BCUT2D eigenvalue weighted by molar-refractivity contribution is -0.142. The monoisotopic (exact) mass is 519 g/mol. The second kappa shape index (κ2) is 13.9. The van der Waals surface area contributed by atoms with E-state index >= 15 is 0 Å². The normalized spacial score (nSPS) is 14.6. The third-order valence-corrected chi connectivity index (χ3v) is 6.41. The molecule has 0 saturated carbocycles. The first-order chi connectivity index (χ1) is 17.0. The van der Waals surface area contributed by atoms with Crippen LogP contribution in [0.25, 0.3) is 10.9 Å². The number of hydrogen-bond donors (Lipinski definition) is 6. The van der Waals surface area contributed by atoms with E-state index in [-0.39, 0.29) is 18.8 Å². The van der Waals surface area contributed by atoms with Crippen LogP contribution in [0.3, 0.4) is 0 Å². The molecule has 0 radical (unpaired) electrons. The number of fused-ring (bicyclic) bond motifs is 1. The van der Waals surface area contributed by atoms with Crippen molar-refractivity contribution in [3.63, 3.8) is 0 Å². The molecule has 7 N–H and O–H groups in total. The van der Waals surface area contributed by atoms with Crippen molar-refractivity contribution in [2.45, 2.75) is 64.2 Å². The Kier molecular flexibility index (Phi) is 11.3. The quantitative estimate of drug-likeness (QED) is 0.219. The Labute approximate surface area is 215 Å². The summed E-state index contributed by atoms with van der Waals surface area (Å²) < 4.78 is 0. The van der Waals surface area contributed by atoms with E-state index in [1.807, 2.05) is 50.6 Å². The van der Waals surface area contributed by atoms with Gasteiger partial charge in [-0.1, -0.05) is 32.0 Å². The fourth-order valence-electron chi connectivity index (χ4n) is 3.78. The van der Waals surface area contributed by atoms with Crippen LogP contribution in [0.1, 0.15) is 39.2 Å². The van der Waals surface area contributed by atoms with Gasteiger partial charge in [-0.3, -0.25) is 14.4 Å². The smallest absolute Gasteiger partial charge is 0.326 e. The molecule has 4 unspecified atom stereocenters. The van der Waals surface area contributed by atoms with Gasteiger partial charge in [-0.2, -0.15) is 11.8 Å². The number of carbonyl (C=O) groups excluding carboxylic acids is 3. The second-order valence-corrected chi connectivity index (χ2v) is 10.3. The first-order valence-electron chi connectivity index (χ1n) is 12.0. The number of H-pyrrole nitrogens is 1. The number of thioether (sulfide) groups is 1. The number of carbonyl (C=O) groups is 4. The van der Waals surface area contributed by atoms with Crippen molar-refractivity contribution >= 4 is 46.4 Å². The van der Waals surface area contributed by atoms with E-state index in [2.05, 4.69) is 20.9 Å². The number of para-hydroxylation sites is 1. The number of hydrogen-bond acceptors (Lipinski definition) is 6. The van der Waals surface area contributed by atoms with Crippen LogP contribution >= 0.6 is 11.8 Å². The topological polar surface area (TPSA) is 166 Å². The van der Waals surface area contributed by atoms with Crippen molar-refractivity contribution < 1.29 is 24.3 Å². The number of nitrogens with two attached hydrogens (primary N) is 1. The number of nitrogens with one attached hydrogen (secondary N) is 4. The van der Waals surface area contributed by atoms with Gasteiger partial charge in [0.25, 0.3) is 0 Å². The van der Waals surface area contributed by atoms with Crippen LogP contribution in [0.5, 0.6) is 0 Å². The molecule has 2 aromatic rings. The van der Waals surface area contributed by atoms with Gasteiger partial charge in [0, 0.05) is 17.1 Å². The average molecular weight is 520 g/mol. The van der Waals surface area contributed by atoms with Crippen molar-refractivity contribution in [1.29, 1.82) is 0 Å². The number of carboxylic acids is 1. The minimum Gasteiger partial charge on any atom is -0.480 e. The van der Waals surface area contributed by atoms with E-state index < -0.39 is 47.9 Å². The Bertz CT molecular complexity index is 1060. The molecule has 0 saturated heterocycles. The summed E-state index contributed by atoms with van der Waals surface area (Å²) in [6.45, 7) is 5.18. The Morgan fingerprint density at radius 3 is 2.31 bits per heavy atom. The van der Waals surface area contributed by atoms with Crippen LogP contribution in [-0.4, -0.2) is 70.0 Å². The number of aliphatic carboxylic acids is 1. The van der Waals surface area contributed by atoms with Gasteiger partial charge in [-0.05, 0) is 55.7 Å². The van der Waals surface area contributed by atoms with Crippen LogP contribution < -0.4 is 21.7 Å². The zero-order valence-electron chi connectivity index (χ0n) is 21.2. The van der Waals surface area contributed by atoms with E-state index in [1.165, 1.54) is 18.7 Å². The second-order valence-electron chi connectivity index (χ2n) is 9.27. The first kappa shape index (κ1) is 29.2. The van der Waals surface area contributed by atoms with Gasteiger partial charge >= 0.3 is 5.97 Å². The maximum absolute atomic E-state index is 12.9. The summed E-state index contributed by atoms with van der Waals surface area (Å²) in [5, 5.41) is 18.1. The minimum absolute atomic E-state index is 0.0656. The molecule has 1 aromatic heterocycles. The minimum atomic E-state index is -1.13. The van der Waals surface area contributed by atoms with Crippen molar-refractivity contribution in [3.8, 4) is 0 Å². The Morgan fingerprint density at radius 1 is 1.00 bits per heavy atom. The predicted molar refractivity (Wildman–Crippen MR) is 142 cm³/mol. The summed E-state index contributed by atoms with van der Waals surface area (Å²) in [6.07, 6.45) is 4.61. The Morgan fingerprint density at radius 2 is 1.67 bits per heavy atom. The van der Waals surface area contributed by atoms with E-state index in [1.54, 1.807) is 0 Å². The molecule has 198 valence electrons. The molecule has 3 amide bonds. The highest BCUT2D eigenvalue weighted by molar-refractivity contribution is 7.98. The number of rotatable bonds is 14. The number of carboxylic acid groups (broad SMARTS) is 1. The van der Waals surface area contributed by atoms with Gasteiger partial charge in [-0.15, -0.1) is 0 Å². The molecule has 2 rings (SSSR count). The van der Waals surface area contributed by atoms with Crippen molar-refractivity contribution in [2.75, 3.05) is 12.0 Å². The number of benzene rings is 1. The van der Waals surface area contributed by atoms with Gasteiger partial charge in [0.1, 0.15) is 18.1 Å². The molecule has 1 heterocycles. The summed E-state index contributed by atoms with van der Waals surface area (Å²) in [5.41, 5.74) is 8.01. The molecule has 0 spiro atoms. The van der Waals surface area contributed by atoms with Gasteiger partial charge in [0.05, 0.1) is 6.04 Å². The third kappa shape index (κ3) is 8.56. The molecule has 10 nitrogen and oxygen atoms in total. The lowest BCUT2D eigenvalue weighted by atomic mass is 10.0. The van der Waals surface area contributed by atoms with Crippen molar-refractivity contribution in [3.05, 3.63) is 36.0 Å². The molecule has 0 aliphatic carbocycles. The highest BCUT2D eigenvalue weighted by Crippen LogP contribution is 2.19. The first-order valence-corrected chi connectivity index (χ1v) is 13.4. The van der Waals surface area contributed by atoms with Crippen LogP contribution in [0.2, 0.25) is 0 Å². The largest absolute Gasteiger partial charge is 0.480 e. The molecule has 36 heavy (non-hydrogen) atoms. The van der Waals surface area contributed by atoms with Gasteiger partial charge < -0.3 is 31.8 Å². The van der Waals surface area contributed by atoms with E-state index in [9.17, 15) is 24.3 Å². The van der Waals surface area contributed by atoms with Gasteiger partial charge in [-0.25, -0.2) is 4.79 Å². The average Bonchev–Trinajstić information content (AvgIpc) is 3.23. The highest BCUT2D eigenvalue weighted by Gasteiger charge is 2.28. The van der Waals surface area contributed by atoms with Crippen LogP contribution in [0, 0.1) is 5.92 Å². The molecular weight excluding hydrogens is 482 g/mol. The number of aromatic amines is 1. The zero-order chi connectivity index (χ0) is 26.8. The third-order valence-electron chi connectivity index (χ3n) is 5.77.